The van der Waals surface area contributed by atoms with Crippen LogP contribution in [0.1, 0.15) is 17.2 Å². The fourth-order valence-electron chi connectivity index (χ4n) is 1.95. The maximum atomic E-state index is 6.26. The number of methoxy groups -OCH3 is 1. The van der Waals surface area contributed by atoms with Gasteiger partial charge in [0.05, 0.1) is 24.8 Å². The van der Waals surface area contributed by atoms with Gasteiger partial charge >= 0.3 is 0 Å². The van der Waals surface area contributed by atoms with Crippen LogP contribution in [0.5, 0.6) is 5.75 Å². The molecule has 16 heavy (non-hydrogen) atoms. The number of rotatable bonds is 2. The molecule has 0 spiro atoms. The fourth-order valence-corrected chi connectivity index (χ4v) is 2.34. The number of nitrogens with one attached hydrogen (secondary N) is 1. The minimum atomic E-state index is -0.0169. The first-order valence-corrected chi connectivity index (χ1v) is 5.76. The molecule has 0 saturated carbocycles. The lowest BCUT2D eigenvalue weighted by Gasteiger charge is -2.26. The van der Waals surface area contributed by atoms with Crippen molar-refractivity contribution in [3.8, 4) is 5.75 Å². The Bertz CT molecular complexity index is 376. The summed E-state index contributed by atoms with van der Waals surface area (Å²) >= 11 is 6.26. The van der Waals surface area contributed by atoms with E-state index in [0.717, 1.165) is 30.0 Å². The SMILES string of the molecule is COc1cc(C)cc(Cl)c1C1CNCCO1. The van der Waals surface area contributed by atoms with Crippen molar-refractivity contribution >= 4 is 11.6 Å². The van der Waals surface area contributed by atoms with Crippen molar-refractivity contribution < 1.29 is 9.47 Å². The molecule has 1 aromatic carbocycles. The molecule has 1 aliphatic heterocycles. The molecule has 1 heterocycles. The minimum absolute atomic E-state index is 0.0169. The molecule has 0 amide bonds. The zero-order chi connectivity index (χ0) is 11.5. The second kappa shape index (κ2) is 5.04. The number of benzene rings is 1. The summed E-state index contributed by atoms with van der Waals surface area (Å²) in [5.41, 5.74) is 2.04. The molecule has 1 N–H and O–H groups in total. The average molecular weight is 242 g/mol. The molecular formula is C12H16ClNO2. The normalized spacial score (nSPS) is 20.8. The van der Waals surface area contributed by atoms with E-state index in [9.17, 15) is 0 Å². The molecule has 3 nitrogen and oxygen atoms in total. The van der Waals surface area contributed by atoms with Crippen LogP contribution in [0.3, 0.4) is 0 Å². The Morgan fingerprint density at radius 2 is 2.31 bits per heavy atom. The molecule has 0 bridgehead atoms. The van der Waals surface area contributed by atoms with Gasteiger partial charge < -0.3 is 14.8 Å². The van der Waals surface area contributed by atoms with Gasteiger partial charge in [-0.1, -0.05) is 11.6 Å². The lowest BCUT2D eigenvalue weighted by molar-refractivity contribution is 0.0263. The Morgan fingerprint density at radius 3 is 2.94 bits per heavy atom. The molecule has 4 heteroatoms. The molecule has 0 aliphatic carbocycles. The van der Waals surface area contributed by atoms with Crippen molar-refractivity contribution in [1.82, 2.24) is 5.32 Å². The number of hydrogen-bond donors (Lipinski definition) is 1. The molecule has 1 aromatic rings. The van der Waals surface area contributed by atoms with Crippen LogP contribution in [0.25, 0.3) is 0 Å². The van der Waals surface area contributed by atoms with Gasteiger partial charge in [-0.2, -0.15) is 0 Å². The second-order valence-electron chi connectivity index (χ2n) is 3.93. The molecule has 1 unspecified atom stereocenters. The number of morpholine rings is 1. The highest BCUT2D eigenvalue weighted by Gasteiger charge is 2.22. The predicted octanol–water partition coefficient (Wildman–Crippen LogP) is 2.32. The first-order chi connectivity index (χ1) is 7.72. The molecule has 88 valence electrons. The molecule has 0 aromatic heterocycles. The molecule has 2 rings (SSSR count). The maximum absolute atomic E-state index is 6.26. The van der Waals surface area contributed by atoms with Gasteiger partial charge in [-0.15, -0.1) is 0 Å². The minimum Gasteiger partial charge on any atom is -0.496 e. The van der Waals surface area contributed by atoms with Crippen LogP contribution in [0.4, 0.5) is 0 Å². The van der Waals surface area contributed by atoms with Gasteiger partial charge in [0.2, 0.25) is 0 Å². The lowest BCUT2D eigenvalue weighted by atomic mass is 10.0. The van der Waals surface area contributed by atoms with Crippen LogP contribution in [-0.2, 0) is 4.74 Å². The summed E-state index contributed by atoms with van der Waals surface area (Å²) in [6, 6.07) is 3.93. The van der Waals surface area contributed by atoms with Crippen LogP contribution in [-0.4, -0.2) is 26.8 Å². The highest BCUT2D eigenvalue weighted by atomic mass is 35.5. The largest absolute Gasteiger partial charge is 0.496 e. The Kier molecular flexibility index (Phi) is 3.69. The third kappa shape index (κ3) is 2.32. The standard InChI is InChI=1S/C12H16ClNO2/c1-8-5-9(13)12(10(6-8)15-2)11-7-14-3-4-16-11/h5-6,11,14H,3-4,7H2,1-2H3. The quantitative estimate of drug-likeness (QED) is 0.862. The van der Waals surface area contributed by atoms with Crippen LogP contribution in [0.2, 0.25) is 5.02 Å². The predicted molar refractivity (Wildman–Crippen MR) is 64.3 cm³/mol. The molecular weight excluding hydrogens is 226 g/mol. The monoisotopic (exact) mass is 241 g/mol. The summed E-state index contributed by atoms with van der Waals surface area (Å²) in [6.45, 7) is 4.37. The second-order valence-corrected chi connectivity index (χ2v) is 4.33. The van der Waals surface area contributed by atoms with Crippen molar-refractivity contribution in [2.24, 2.45) is 0 Å². The van der Waals surface area contributed by atoms with E-state index in [4.69, 9.17) is 21.1 Å². The number of hydrogen-bond acceptors (Lipinski definition) is 3. The molecule has 1 saturated heterocycles. The smallest absolute Gasteiger partial charge is 0.126 e. The molecule has 1 aliphatic rings. The summed E-state index contributed by atoms with van der Waals surface area (Å²) in [5.74, 6) is 0.804. The summed E-state index contributed by atoms with van der Waals surface area (Å²) in [4.78, 5) is 0. The van der Waals surface area contributed by atoms with Crippen molar-refractivity contribution in [3.63, 3.8) is 0 Å². The summed E-state index contributed by atoms with van der Waals surface area (Å²) in [6.07, 6.45) is -0.0169. The number of ether oxygens (including phenoxy) is 2. The van der Waals surface area contributed by atoms with Crippen molar-refractivity contribution in [2.75, 3.05) is 26.8 Å². The van der Waals surface area contributed by atoms with Crippen molar-refractivity contribution in [2.45, 2.75) is 13.0 Å². The molecule has 1 fully saturated rings. The van der Waals surface area contributed by atoms with E-state index in [-0.39, 0.29) is 6.10 Å². The zero-order valence-corrected chi connectivity index (χ0v) is 10.3. The Balaban J connectivity index is 2.37. The zero-order valence-electron chi connectivity index (χ0n) is 9.55. The third-order valence-corrected chi connectivity index (χ3v) is 3.02. The van der Waals surface area contributed by atoms with E-state index in [1.54, 1.807) is 7.11 Å². The van der Waals surface area contributed by atoms with E-state index >= 15 is 0 Å². The first kappa shape index (κ1) is 11.7. The van der Waals surface area contributed by atoms with Crippen LogP contribution >= 0.6 is 11.6 Å². The Labute approximate surface area is 101 Å². The fraction of sp³-hybridized carbons (Fsp3) is 0.500. The van der Waals surface area contributed by atoms with E-state index in [1.165, 1.54) is 0 Å². The highest BCUT2D eigenvalue weighted by Crippen LogP contribution is 2.35. The highest BCUT2D eigenvalue weighted by molar-refractivity contribution is 6.31. The Hall–Kier alpha value is -0.770. The van der Waals surface area contributed by atoms with Gasteiger partial charge in [-0.25, -0.2) is 0 Å². The van der Waals surface area contributed by atoms with Crippen LogP contribution in [0.15, 0.2) is 12.1 Å². The van der Waals surface area contributed by atoms with E-state index in [0.29, 0.717) is 11.6 Å². The van der Waals surface area contributed by atoms with Crippen LogP contribution in [0, 0.1) is 6.92 Å². The number of aryl methyl sites for hydroxylation is 1. The summed E-state index contributed by atoms with van der Waals surface area (Å²) in [5, 5.41) is 4.00. The van der Waals surface area contributed by atoms with Crippen LogP contribution < -0.4 is 10.1 Å². The van der Waals surface area contributed by atoms with E-state index < -0.39 is 0 Å². The van der Waals surface area contributed by atoms with Gasteiger partial charge in [0.1, 0.15) is 5.75 Å². The number of halogens is 1. The third-order valence-electron chi connectivity index (χ3n) is 2.71. The van der Waals surface area contributed by atoms with Gasteiger partial charge in [0, 0.05) is 18.7 Å². The maximum Gasteiger partial charge on any atom is 0.126 e. The topological polar surface area (TPSA) is 30.5 Å². The van der Waals surface area contributed by atoms with Gasteiger partial charge in [0.15, 0.2) is 0 Å². The average Bonchev–Trinajstić information content (AvgIpc) is 2.29. The van der Waals surface area contributed by atoms with Gasteiger partial charge in [-0.3, -0.25) is 0 Å². The van der Waals surface area contributed by atoms with E-state index in [1.807, 2.05) is 19.1 Å². The lowest BCUT2D eigenvalue weighted by Crippen LogP contribution is -2.33. The summed E-state index contributed by atoms with van der Waals surface area (Å²) < 4.78 is 11.1. The van der Waals surface area contributed by atoms with Gasteiger partial charge in [-0.05, 0) is 24.6 Å². The summed E-state index contributed by atoms with van der Waals surface area (Å²) in [7, 11) is 1.66. The van der Waals surface area contributed by atoms with E-state index in [2.05, 4.69) is 5.32 Å². The molecule has 1 atom stereocenters. The van der Waals surface area contributed by atoms with Crippen molar-refractivity contribution in [3.05, 3.63) is 28.3 Å². The first-order valence-electron chi connectivity index (χ1n) is 5.38. The Morgan fingerprint density at radius 1 is 1.50 bits per heavy atom. The van der Waals surface area contributed by atoms with Crippen molar-refractivity contribution in [1.29, 1.82) is 0 Å². The van der Waals surface area contributed by atoms with Gasteiger partial charge in [0.25, 0.3) is 0 Å². The molecule has 0 radical (unpaired) electrons.